The average Bonchev–Trinajstić information content (AvgIpc) is 2.18. The second kappa shape index (κ2) is 3.79. The summed E-state index contributed by atoms with van der Waals surface area (Å²) in [7, 11) is 0. The molecule has 0 atom stereocenters. The van der Waals surface area contributed by atoms with Crippen LogP contribution in [0.15, 0.2) is 36.4 Å². The van der Waals surface area contributed by atoms with Gasteiger partial charge in [0.1, 0.15) is 5.82 Å². The maximum Gasteiger partial charge on any atom is 0.131 e. The van der Waals surface area contributed by atoms with Gasteiger partial charge in [0, 0.05) is 5.39 Å². The van der Waals surface area contributed by atoms with Gasteiger partial charge in [-0.05, 0) is 23.4 Å². The van der Waals surface area contributed by atoms with Crippen molar-refractivity contribution in [2.75, 3.05) is 0 Å². The SMILES string of the molecule is CCCc1ccc2c(F)cccc2c1. The molecule has 2 rings (SSSR count). The van der Waals surface area contributed by atoms with E-state index in [1.165, 1.54) is 11.6 Å². The summed E-state index contributed by atoms with van der Waals surface area (Å²) < 4.78 is 13.3. The van der Waals surface area contributed by atoms with Gasteiger partial charge in [-0.2, -0.15) is 0 Å². The monoisotopic (exact) mass is 188 g/mol. The van der Waals surface area contributed by atoms with Gasteiger partial charge < -0.3 is 0 Å². The summed E-state index contributed by atoms with van der Waals surface area (Å²) in [6.07, 6.45) is 2.19. The van der Waals surface area contributed by atoms with E-state index < -0.39 is 0 Å². The third-order valence-corrected chi connectivity index (χ3v) is 2.43. The lowest BCUT2D eigenvalue weighted by Crippen LogP contribution is -1.84. The van der Waals surface area contributed by atoms with Gasteiger partial charge in [0.2, 0.25) is 0 Å². The first-order valence-electron chi connectivity index (χ1n) is 4.98. The minimum absolute atomic E-state index is 0.134. The van der Waals surface area contributed by atoms with Crippen LogP contribution in [0, 0.1) is 5.82 Å². The van der Waals surface area contributed by atoms with Gasteiger partial charge >= 0.3 is 0 Å². The molecule has 0 aliphatic carbocycles. The van der Waals surface area contributed by atoms with Crippen LogP contribution in [0.2, 0.25) is 0 Å². The van der Waals surface area contributed by atoms with E-state index in [2.05, 4.69) is 13.0 Å². The molecule has 0 nitrogen and oxygen atoms in total. The van der Waals surface area contributed by atoms with Crippen molar-refractivity contribution in [3.63, 3.8) is 0 Å². The van der Waals surface area contributed by atoms with Crippen molar-refractivity contribution in [1.29, 1.82) is 0 Å². The molecule has 0 saturated carbocycles. The average molecular weight is 188 g/mol. The molecule has 2 aromatic carbocycles. The van der Waals surface area contributed by atoms with Gasteiger partial charge in [-0.25, -0.2) is 4.39 Å². The molecular formula is C13H13F. The quantitative estimate of drug-likeness (QED) is 0.669. The molecule has 0 N–H and O–H groups in total. The van der Waals surface area contributed by atoms with Crippen LogP contribution in [-0.2, 0) is 6.42 Å². The predicted octanol–water partition coefficient (Wildman–Crippen LogP) is 3.93. The Labute approximate surface area is 83.4 Å². The Hall–Kier alpha value is -1.37. The first-order chi connectivity index (χ1) is 6.81. The van der Waals surface area contributed by atoms with Crippen molar-refractivity contribution in [1.82, 2.24) is 0 Å². The number of aryl methyl sites for hydroxylation is 1. The third-order valence-electron chi connectivity index (χ3n) is 2.43. The molecule has 0 unspecified atom stereocenters. The van der Waals surface area contributed by atoms with E-state index in [4.69, 9.17) is 0 Å². The van der Waals surface area contributed by atoms with Crippen molar-refractivity contribution in [3.8, 4) is 0 Å². The van der Waals surface area contributed by atoms with Crippen LogP contribution in [0.1, 0.15) is 18.9 Å². The van der Waals surface area contributed by atoms with Gasteiger partial charge in [-0.1, -0.05) is 43.7 Å². The molecule has 0 heterocycles. The van der Waals surface area contributed by atoms with Gasteiger partial charge in [0.25, 0.3) is 0 Å². The minimum Gasteiger partial charge on any atom is -0.206 e. The van der Waals surface area contributed by atoms with Crippen LogP contribution < -0.4 is 0 Å². The number of benzene rings is 2. The Morgan fingerprint density at radius 3 is 2.79 bits per heavy atom. The smallest absolute Gasteiger partial charge is 0.131 e. The Balaban J connectivity index is 2.56. The van der Waals surface area contributed by atoms with Crippen molar-refractivity contribution in [2.24, 2.45) is 0 Å². The molecule has 0 aliphatic heterocycles. The zero-order valence-electron chi connectivity index (χ0n) is 8.26. The Bertz CT molecular complexity index is 446. The highest BCUT2D eigenvalue weighted by Crippen LogP contribution is 2.19. The molecule has 2 aromatic rings. The number of rotatable bonds is 2. The van der Waals surface area contributed by atoms with Crippen molar-refractivity contribution in [2.45, 2.75) is 19.8 Å². The summed E-state index contributed by atoms with van der Waals surface area (Å²) in [6, 6.07) is 11.2. The van der Waals surface area contributed by atoms with Crippen molar-refractivity contribution < 1.29 is 4.39 Å². The highest BCUT2D eigenvalue weighted by atomic mass is 19.1. The highest BCUT2D eigenvalue weighted by Gasteiger charge is 2.00. The molecule has 0 spiro atoms. The first kappa shape index (κ1) is 9.20. The van der Waals surface area contributed by atoms with Gasteiger partial charge in [-0.15, -0.1) is 0 Å². The summed E-state index contributed by atoms with van der Waals surface area (Å²) in [6.45, 7) is 2.15. The van der Waals surface area contributed by atoms with E-state index in [1.807, 2.05) is 18.2 Å². The summed E-state index contributed by atoms with van der Waals surface area (Å²) in [4.78, 5) is 0. The number of hydrogen-bond donors (Lipinski definition) is 0. The maximum absolute atomic E-state index is 13.3. The molecule has 0 aliphatic rings. The fraction of sp³-hybridized carbons (Fsp3) is 0.231. The molecule has 0 radical (unpaired) electrons. The summed E-state index contributed by atoms with van der Waals surface area (Å²) >= 11 is 0. The molecular weight excluding hydrogens is 175 g/mol. The minimum atomic E-state index is -0.134. The zero-order valence-corrected chi connectivity index (χ0v) is 8.26. The summed E-state index contributed by atoms with van der Waals surface area (Å²) in [5.41, 5.74) is 1.28. The summed E-state index contributed by atoms with van der Waals surface area (Å²) in [5.74, 6) is -0.134. The summed E-state index contributed by atoms with van der Waals surface area (Å²) in [5, 5.41) is 1.71. The van der Waals surface area contributed by atoms with E-state index in [9.17, 15) is 4.39 Å². The van der Waals surface area contributed by atoms with Gasteiger partial charge in [0.15, 0.2) is 0 Å². The Morgan fingerprint density at radius 1 is 1.14 bits per heavy atom. The van der Waals surface area contributed by atoms with Crippen LogP contribution in [0.25, 0.3) is 10.8 Å². The predicted molar refractivity (Wildman–Crippen MR) is 57.9 cm³/mol. The van der Waals surface area contributed by atoms with E-state index >= 15 is 0 Å². The molecule has 0 amide bonds. The zero-order chi connectivity index (χ0) is 9.97. The second-order valence-electron chi connectivity index (χ2n) is 3.55. The van der Waals surface area contributed by atoms with Gasteiger partial charge in [0.05, 0.1) is 0 Å². The van der Waals surface area contributed by atoms with Crippen LogP contribution >= 0.6 is 0 Å². The normalized spacial score (nSPS) is 10.7. The van der Waals surface area contributed by atoms with Gasteiger partial charge in [-0.3, -0.25) is 0 Å². The van der Waals surface area contributed by atoms with Crippen LogP contribution in [0.4, 0.5) is 4.39 Å². The molecule has 72 valence electrons. The lowest BCUT2D eigenvalue weighted by atomic mass is 10.0. The van der Waals surface area contributed by atoms with E-state index in [0.717, 1.165) is 18.2 Å². The standard InChI is InChI=1S/C13H13F/c1-2-4-10-7-8-12-11(9-10)5-3-6-13(12)14/h3,5-9H,2,4H2,1H3. The molecule has 0 saturated heterocycles. The number of hydrogen-bond acceptors (Lipinski definition) is 0. The van der Waals surface area contributed by atoms with Crippen LogP contribution in [-0.4, -0.2) is 0 Å². The lowest BCUT2D eigenvalue weighted by Gasteiger charge is -2.02. The number of fused-ring (bicyclic) bond motifs is 1. The van der Waals surface area contributed by atoms with Crippen LogP contribution in [0.5, 0.6) is 0 Å². The van der Waals surface area contributed by atoms with Crippen LogP contribution in [0.3, 0.4) is 0 Å². The molecule has 0 fully saturated rings. The highest BCUT2D eigenvalue weighted by molar-refractivity contribution is 5.83. The fourth-order valence-electron chi connectivity index (χ4n) is 1.74. The van der Waals surface area contributed by atoms with Crippen molar-refractivity contribution in [3.05, 3.63) is 47.8 Å². The van der Waals surface area contributed by atoms with Crippen molar-refractivity contribution >= 4 is 10.8 Å². The van der Waals surface area contributed by atoms with E-state index in [0.29, 0.717) is 5.39 Å². The third kappa shape index (κ3) is 1.63. The Morgan fingerprint density at radius 2 is 2.00 bits per heavy atom. The molecule has 0 aromatic heterocycles. The Kier molecular flexibility index (Phi) is 2.49. The lowest BCUT2D eigenvalue weighted by molar-refractivity contribution is 0.640. The maximum atomic E-state index is 13.3. The van der Waals surface area contributed by atoms with E-state index in [-0.39, 0.29) is 5.82 Å². The fourth-order valence-corrected chi connectivity index (χ4v) is 1.74. The first-order valence-corrected chi connectivity index (χ1v) is 4.98. The molecule has 0 bridgehead atoms. The molecule has 1 heteroatoms. The number of halogens is 1. The largest absolute Gasteiger partial charge is 0.206 e. The topological polar surface area (TPSA) is 0 Å². The van der Waals surface area contributed by atoms with E-state index in [1.54, 1.807) is 6.07 Å². The molecule has 14 heavy (non-hydrogen) atoms. The second-order valence-corrected chi connectivity index (χ2v) is 3.55.